The van der Waals surface area contributed by atoms with E-state index in [9.17, 15) is 10.0 Å². The van der Waals surface area contributed by atoms with Crippen molar-refractivity contribution in [2.45, 2.75) is 26.0 Å². The minimum Gasteiger partial charge on any atom is -0.423 e. The Morgan fingerprint density at radius 3 is 2.89 bits per heavy atom. The highest BCUT2D eigenvalue weighted by Gasteiger charge is 2.21. The Hall–Kier alpha value is -0.875. The molecule has 1 unspecified atom stereocenters. The van der Waals surface area contributed by atoms with Gasteiger partial charge in [0.05, 0.1) is 12.7 Å². The molecule has 1 aliphatic rings. The molecule has 4 nitrogen and oxygen atoms in total. The summed E-state index contributed by atoms with van der Waals surface area (Å²) >= 11 is 0. The van der Waals surface area contributed by atoms with Gasteiger partial charge in [-0.2, -0.15) is 0 Å². The van der Waals surface area contributed by atoms with Gasteiger partial charge in [-0.1, -0.05) is 31.2 Å². The van der Waals surface area contributed by atoms with Gasteiger partial charge in [-0.25, -0.2) is 0 Å². The Balaban J connectivity index is 2.04. The molecular weight excluding hydrogens is 229 g/mol. The first kappa shape index (κ1) is 13.6. The predicted molar refractivity (Wildman–Crippen MR) is 71.6 cm³/mol. The van der Waals surface area contributed by atoms with Crippen LogP contribution in [0, 0.1) is 0 Å². The number of hydrogen-bond donors (Lipinski definition) is 2. The van der Waals surface area contributed by atoms with Crippen LogP contribution in [-0.2, 0) is 11.3 Å². The summed E-state index contributed by atoms with van der Waals surface area (Å²) in [6, 6.07) is 7.47. The smallest absolute Gasteiger partial charge is 0.423 e. The quantitative estimate of drug-likeness (QED) is 0.736. The third-order valence-corrected chi connectivity index (χ3v) is 3.41. The molecule has 1 aromatic carbocycles. The number of ether oxygens (including phenoxy) is 1. The molecule has 0 bridgehead atoms. The largest absolute Gasteiger partial charge is 0.488 e. The molecule has 2 N–H and O–H groups in total. The molecule has 1 heterocycles. The van der Waals surface area contributed by atoms with Gasteiger partial charge in [-0.05, 0) is 17.4 Å². The van der Waals surface area contributed by atoms with Gasteiger partial charge >= 0.3 is 7.12 Å². The second kappa shape index (κ2) is 6.34. The molecule has 0 saturated carbocycles. The third kappa shape index (κ3) is 3.33. The van der Waals surface area contributed by atoms with Crippen LogP contribution in [0.15, 0.2) is 24.3 Å². The number of rotatable bonds is 4. The zero-order chi connectivity index (χ0) is 13.0. The summed E-state index contributed by atoms with van der Waals surface area (Å²) in [5, 5.41) is 18.7. The molecule has 1 atom stereocenters. The van der Waals surface area contributed by atoms with Gasteiger partial charge in [0, 0.05) is 19.6 Å². The van der Waals surface area contributed by atoms with E-state index >= 15 is 0 Å². The Labute approximate surface area is 108 Å². The molecule has 0 aromatic heterocycles. The molecule has 0 spiro atoms. The van der Waals surface area contributed by atoms with E-state index in [1.54, 1.807) is 6.07 Å². The second-order valence-corrected chi connectivity index (χ2v) is 4.71. The lowest BCUT2D eigenvalue weighted by atomic mass is 9.77. The van der Waals surface area contributed by atoms with Crippen LogP contribution in [0.2, 0.25) is 0 Å². The maximum Gasteiger partial charge on any atom is 0.488 e. The number of benzene rings is 1. The van der Waals surface area contributed by atoms with Crippen LogP contribution in [0.3, 0.4) is 0 Å². The van der Waals surface area contributed by atoms with Crippen molar-refractivity contribution in [1.82, 2.24) is 4.90 Å². The molecule has 98 valence electrons. The van der Waals surface area contributed by atoms with Crippen LogP contribution < -0.4 is 5.46 Å². The number of nitrogens with zero attached hydrogens (tertiary/aromatic N) is 1. The molecule has 0 amide bonds. The van der Waals surface area contributed by atoms with Gasteiger partial charge in [-0.3, -0.25) is 4.90 Å². The standard InChI is InChI=1S/C13H20BNO3/c1-2-12-10-15(7-8-18-12)9-11-5-3-4-6-13(11)14(16)17/h3-6,12,16-17H,2,7-10H2,1H3. The van der Waals surface area contributed by atoms with Gasteiger partial charge < -0.3 is 14.8 Å². The van der Waals surface area contributed by atoms with Crippen molar-refractivity contribution in [2.24, 2.45) is 0 Å². The Kier molecular flexibility index (Phi) is 4.77. The maximum absolute atomic E-state index is 9.34. The molecule has 1 fully saturated rings. The van der Waals surface area contributed by atoms with Gasteiger partial charge in [0.15, 0.2) is 0 Å². The lowest BCUT2D eigenvalue weighted by Crippen LogP contribution is -2.43. The fraction of sp³-hybridized carbons (Fsp3) is 0.538. The van der Waals surface area contributed by atoms with E-state index in [0.717, 1.165) is 38.2 Å². The Bertz CT molecular complexity index is 386. The minimum absolute atomic E-state index is 0.296. The van der Waals surface area contributed by atoms with Crippen LogP contribution >= 0.6 is 0 Å². The summed E-state index contributed by atoms with van der Waals surface area (Å²) < 4.78 is 5.63. The zero-order valence-electron chi connectivity index (χ0n) is 10.7. The van der Waals surface area contributed by atoms with E-state index in [0.29, 0.717) is 11.6 Å². The lowest BCUT2D eigenvalue weighted by Gasteiger charge is -2.32. The average Bonchev–Trinajstić information content (AvgIpc) is 2.39. The van der Waals surface area contributed by atoms with E-state index in [1.165, 1.54) is 0 Å². The molecule has 0 aliphatic carbocycles. The monoisotopic (exact) mass is 249 g/mol. The van der Waals surface area contributed by atoms with Crippen LogP contribution in [0.25, 0.3) is 0 Å². The molecule has 0 radical (unpaired) electrons. The average molecular weight is 249 g/mol. The summed E-state index contributed by atoms with van der Waals surface area (Å²) in [4.78, 5) is 2.30. The summed E-state index contributed by atoms with van der Waals surface area (Å²) in [7, 11) is -1.40. The van der Waals surface area contributed by atoms with Crippen molar-refractivity contribution in [2.75, 3.05) is 19.7 Å². The fourth-order valence-corrected chi connectivity index (χ4v) is 2.34. The van der Waals surface area contributed by atoms with E-state index in [-0.39, 0.29) is 0 Å². The molecular formula is C13H20BNO3. The van der Waals surface area contributed by atoms with Gasteiger partial charge in [0.2, 0.25) is 0 Å². The van der Waals surface area contributed by atoms with Gasteiger partial charge in [0.1, 0.15) is 0 Å². The summed E-state index contributed by atoms with van der Waals surface area (Å²) in [5.74, 6) is 0. The lowest BCUT2D eigenvalue weighted by molar-refractivity contribution is -0.0324. The fourth-order valence-electron chi connectivity index (χ4n) is 2.34. The Morgan fingerprint density at radius 2 is 2.17 bits per heavy atom. The van der Waals surface area contributed by atoms with Gasteiger partial charge in [-0.15, -0.1) is 0 Å². The maximum atomic E-state index is 9.34. The molecule has 1 aromatic rings. The molecule has 1 aliphatic heterocycles. The molecule has 5 heteroatoms. The van der Waals surface area contributed by atoms with E-state index in [4.69, 9.17) is 4.74 Å². The first-order valence-electron chi connectivity index (χ1n) is 6.48. The molecule has 1 saturated heterocycles. The summed E-state index contributed by atoms with van der Waals surface area (Å²) in [6.45, 7) is 5.42. The van der Waals surface area contributed by atoms with Crippen LogP contribution in [0.5, 0.6) is 0 Å². The first-order valence-corrected chi connectivity index (χ1v) is 6.48. The van der Waals surface area contributed by atoms with Crippen molar-refractivity contribution < 1.29 is 14.8 Å². The van der Waals surface area contributed by atoms with E-state index in [1.807, 2.05) is 18.2 Å². The summed E-state index contributed by atoms with van der Waals surface area (Å²) in [6.07, 6.45) is 1.31. The van der Waals surface area contributed by atoms with Crippen molar-refractivity contribution in [1.29, 1.82) is 0 Å². The molecule has 2 rings (SSSR count). The molecule has 18 heavy (non-hydrogen) atoms. The topological polar surface area (TPSA) is 52.9 Å². The van der Waals surface area contributed by atoms with Gasteiger partial charge in [0.25, 0.3) is 0 Å². The zero-order valence-corrected chi connectivity index (χ0v) is 10.7. The van der Waals surface area contributed by atoms with Crippen molar-refractivity contribution in [3.8, 4) is 0 Å². The highest BCUT2D eigenvalue weighted by Crippen LogP contribution is 2.11. The van der Waals surface area contributed by atoms with Crippen molar-refractivity contribution in [3.63, 3.8) is 0 Å². The normalized spacial score (nSPS) is 20.9. The number of morpholine rings is 1. The van der Waals surface area contributed by atoms with Crippen LogP contribution in [0.4, 0.5) is 0 Å². The Morgan fingerprint density at radius 1 is 1.39 bits per heavy atom. The van der Waals surface area contributed by atoms with Crippen molar-refractivity contribution in [3.05, 3.63) is 29.8 Å². The number of hydrogen-bond acceptors (Lipinski definition) is 4. The highest BCUT2D eigenvalue weighted by molar-refractivity contribution is 6.59. The van der Waals surface area contributed by atoms with Crippen LogP contribution in [0.1, 0.15) is 18.9 Å². The van der Waals surface area contributed by atoms with Crippen molar-refractivity contribution >= 4 is 12.6 Å². The predicted octanol–water partition coefficient (Wildman–Crippen LogP) is -0.0228. The van der Waals surface area contributed by atoms with E-state index < -0.39 is 7.12 Å². The van der Waals surface area contributed by atoms with Crippen LogP contribution in [-0.4, -0.2) is 47.9 Å². The SMILES string of the molecule is CCC1CN(Cc2ccccc2B(O)O)CCO1. The first-order chi connectivity index (χ1) is 8.70. The highest BCUT2D eigenvalue weighted by atomic mass is 16.5. The minimum atomic E-state index is -1.40. The third-order valence-electron chi connectivity index (χ3n) is 3.41. The summed E-state index contributed by atoms with van der Waals surface area (Å²) in [5.41, 5.74) is 1.57. The van der Waals surface area contributed by atoms with E-state index in [2.05, 4.69) is 11.8 Å². The second-order valence-electron chi connectivity index (χ2n) is 4.71.